The first kappa shape index (κ1) is 18.8. The maximum Gasteiger partial charge on any atom is 0.255 e. The molecule has 4 nitrogen and oxygen atoms in total. The highest BCUT2D eigenvalue weighted by molar-refractivity contribution is 6.42. The molecule has 2 rings (SSSR count). The van der Waals surface area contributed by atoms with Gasteiger partial charge >= 0.3 is 0 Å². The lowest BCUT2D eigenvalue weighted by Crippen LogP contribution is -2.28. The molecule has 130 valence electrons. The van der Waals surface area contributed by atoms with Crippen LogP contribution in [0.25, 0.3) is 0 Å². The number of aromatic nitrogens is 2. The Morgan fingerprint density at radius 1 is 1.21 bits per heavy atom. The van der Waals surface area contributed by atoms with Crippen molar-refractivity contribution in [3.63, 3.8) is 0 Å². The summed E-state index contributed by atoms with van der Waals surface area (Å²) < 4.78 is 1.89. The van der Waals surface area contributed by atoms with Gasteiger partial charge in [-0.25, -0.2) is 0 Å². The highest BCUT2D eigenvalue weighted by Crippen LogP contribution is 2.26. The van der Waals surface area contributed by atoms with E-state index < -0.39 is 0 Å². The minimum absolute atomic E-state index is 0.140. The van der Waals surface area contributed by atoms with Gasteiger partial charge in [0.15, 0.2) is 0 Å². The smallest absolute Gasteiger partial charge is 0.255 e. The van der Waals surface area contributed by atoms with Gasteiger partial charge in [0.2, 0.25) is 0 Å². The van der Waals surface area contributed by atoms with Gasteiger partial charge < -0.3 is 5.32 Å². The second kappa shape index (κ2) is 6.77. The maximum atomic E-state index is 12.7. The van der Waals surface area contributed by atoms with Crippen LogP contribution >= 0.6 is 23.2 Å². The number of rotatable bonds is 3. The number of amides is 1. The van der Waals surface area contributed by atoms with Crippen LogP contribution in [0.15, 0.2) is 18.2 Å². The largest absolute Gasteiger partial charge is 0.345 e. The molecule has 1 amide bonds. The van der Waals surface area contributed by atoms with Crippen molar-refractivity contribution in [3.05, 3.63) is 50.8 Å². The monoisotopic (exact) mass is 367 g/mol. The zero-order chi connectivity index (χ0) is 18.2. The second-order valence-corrected chi connectivity index (χ2v) is 7.81. The molecular weight excluding hydrogens is 345 g/mol. The number of halogens is 2. The summed E-state index contributed by atoms with van der Waals surface area (Å²) in [6.45, 7) is 11.9. The minimum Gasteiger partial charge on any atom is -0.345 e. The number of nitrogens with one attached hydrogen (secondary N) is 1. The third-order valence-electron chi connectivity index (χ3n) is 3.95. The Labute approximate surface area is 153 Å². The summed E-state index contributed by atoms with van der Waals surface area (Å²) in [5.41, 5.74) is 2.93. The van der Waals surface area contributed by atoms with Gasteiger partial charge in [0.05, 0.1) is 32.9 Å². The molecule has 1 N–H and O–H groups in total. The van der Waals surface area contributed by atoms with Crippen molar-refractivity contribution >= 4 is 29.1 Å². The maximum absolute atomic E-state index is 12.7. The third-order valence-corrected chi connectivity index (χ3v) is 4.68. The van der Waals surface area contributed by atoms with E-state index in [1.807, 2.05) is 31.5 Å². The van der Waals surface area contributed by atoms with Crippen LogP contribution in [-0.4, -0.2) is 15.7 Å². The van der Waals surface area contributed by atoms with Crippen LogP contribution in [0.1, 0.15) is 61.0 Å². The summed E-state index contributed by atoms with van der Waals surface area (Å²) in [5, 5.41) is 8.51. The average molecular weight is 368 g/mol. The lowest BCUT2D eigenvalue weighted by molar-refractivity contribution is 0.0938. The predicted octanol–water partition coefficient (Wildman–Crippen LogP) is 5.05. The van der Waals surface area contributed by atoms with Gasteiger partial charge in [-0.2, -0.15) is 5.10 Å². The zero-order valence-electron chi connectivity index (χ0n) is 14.9. The van der Waals surface area contributed by atoms with Gasteiger partial charge in [0, 0.05) is 5.69 Å². The van der Waals surface area contributed by atoms with Crippen LogP contribution in [0.4, 0.5) is 0 Å². The zero-order valence-corrected chi connectivity index (χ0v) is 16.4. The molecule has 0 spiro atoms. The van der Waals surface area contributed by atoms with Crippen molar-refractivity contribution in [2.75, 3.05) is 0 Å². The molecule has 1 heterocycles. The molecule has 24 heavy (non-hydrogen) atoms. The summed E-state index contributed by atoms with van der Waals surface area (Å²) in [7, 11) is 0. The summed E-state index contributed by atoms with van der Waals surface area (Å²) in [6.07, 6.45) is 0. The van der Waals surface area contributed by atoms with Crippen LogP contribution in [0, 0.1) is 13.8 Å². The van der Waals surface area contributed by atoms with Crippen molar-refractivity contribution in [2.24, 2.45) is 0 Å². The Kier molecular flexibility index (Phi) is 5.31. The van der Waals surface area contributed by atoms with E-state index >= 15 is 0 Å². The molecule has 1 aromatic carbocycles. The highest BCUT2D eigenvalue weighted by atomic mass is 35.5. The molecule has 1 unspecified atom stereocenters. The molecule has 0 aliphatic heterocycles. The number of carbonyl (C=O) groups excluding carboxylic acids is 1. The van der Waals surface area contributed by atoms with Gasteiger partial charge in [0.1, 0.15) is 0 Å². The summed E-state index contributed by atoms with van der Waals surface area (Å²) in [6, 6.07) is 5.17. The van der Waals surface area contributed by atoms with Gasteiger partial charge in [-0.15, -0.1) is 0 Å². The standard InChI is InChI=1S/C18H23Cl2N3O/c1-10(13-7-8-14(19)15(20)9-13)21-17(24)16-11(2)22-23(12(16)3)18(4,5)6/h7-10H,1-6H3,(H,21,24). The minimum atomic E-state index is -0.191. The summed E-state index contributed by atoms with van der Waals surface area (Å²) >= 11 is 12.0. The fraction of sp³-hybridized carbons (Fsp3) is 0.444. The van der Waals surface area contributed by atoms with Gasteiger partial charge in [-0.05, 0) is 59.2 Å². The van der Waals surface area contributed by atoms with Gasteiger partial charge in [0.25, 0.3) is 5.91 Å². The van der Waals surface area contributed by atoms with E-state index in [1.54, 1.807) is 12.1 Å². The number of hydrogen-bond donors (Lipinski definition) is 1. The number of hydrogen-bond acceptors (Lipinski definition) is 2. The summed E-state index contributed by atoms with van der Waals surface area (Å²) in [5.74, 6) is -0.140. The fourth-order valence-corrected chi connectivity index (χ4v) is 3.06. The van der Waals surface area contributed by atoms with E-state index in [2.05, 4.69) is 31.2 Å². The quantitative estimate of drug-likeness (QED) is 0.824. The molecule has 6 heteroatoms. The molecule has 0 bridgehead atoms. The topological polar surface area (TPSA) is 46.9 Å². The molecule has 0 saturated heterocycles. The highest BCUT2D eigenvalue weighted by Gasteiger charge is 2.25. The third kappa shape index (κ3) is 3.76. The van der Waals surface area contributed by atoms with Crippen LogP contribution in [0.3, 0.4) is 0 Å². The van der Waals surface area contributed by atoms with Gasteiger partial charge in [-0.3, -0.25) is 9.48 Å². The molecule has 0 fully saturated rings. The molecule has 2 aromatic rings. The lowest BCUT2D eigenvalue weighted by atomic mass is 10.1. The van der Waals surface area contributed by atoms with Crippen LogP contribution in [0.5, 0.6) is 0 Å². The van der Waals surface area contributed by atoms with E-state index in [0.29, 0.717) is 15.6 Å². The number of nitrogens with zero attached hydrogens (tertiary/aromatic N) is 2. The fourth-order valence-electron chi connectivity index (χ4n) is 2.76. The van der Waals surface area contributed by atoms with Crippen LogP contribution in [0.2, 0.25) is 10.0 Å². The van der Waals surface area contributed by atoms with Crippen molar-refractivity contribution in [2.45, 2.75) is 53.1 Å². The van der Waals surface area contributed by atoms with E-state index in [1.165, 1.54) is 0 Å². The molecule has 0 aliphatic carbocycles. The predicted molar refractivity (Wildman–Crippen MR) is 99.0 cm³/mol. The van der Waals surface area contributed by atoms with Crippen molar-refractivity contribution in [1.29, 1.82) is 0 Å². The Morgan fingerprint density at radius 3 is 2.33 bits per heavy atom. The Balaban J connectivity index is 2.27. The second-order valence-electron chi connectivity index (χ2n) is 7.00. The lowest BCUT2D eigenvalue weighted by Gasteiger charge is -2.21. The first-order valence-electron chi connectivity index (χ1n) is 7.85. The van der Waals surface area contributed by atoms with Crippen molar-refractivity contribution in [3.8, 4) is 0 Å². The normalized spacial score (nSPS) is 13.0. The molecule has 1 atom stereocenters. The first-order valence-corrected chi connectivity index (χ1v) is 8.60. The number of aryl methyl sites for hydroxylation is 1. The first-order chi connectivity index (χ1) is 11.0. The number of carbonyl (C=O) groups is 1. The summed E-state index contributed by atoms with van der Waals surface area (Å²) in [4.78, 5) is 12.7. The average Bonchev–Trinajstić information content (AvgIpc) is 2.76. The molecule has 0 radical (unpaired) electrons. The Hall–Kier alpha value is -1.52. The molecular formula is C18H23Cl2N3O. The van der Waals surface area contributed by atoms with E-state index in [4.69, 9.17) is 23.2 Å². The van der Waals surface area contributed by atoms with E-state index in [-0.39, 0.29) is 17.5 Å². The van der Waals surface area contributed by atoms with Crippen LogP contribution in [-0.2, 0) is 5.54 Å². The Bertz CT molecular complexity index is 775. The van der Waals surface area contributed by atoms with Gasteiger partial charge in [-0.1, -0.05) is 29.3 Å². The van der Waals surface area contributed by atoms with Crippen molar-refractivity contribution < 1.29 is 4.79 Å². The molecule has 0 aliphatic rings. The van der Waals surface area contributed by atoms with Crippen LogP contribution < -0.4 is 5.32 Å². The SMILES string of the molecule is Cc1nn(C(C)(C)C)c(C)c1C(=O)NC(C)c1ccc(Cl)c(Cl)c1. The van der Waals surface area contributed by atoms with Crippen molar-refractivity contribution in [1.82, 2.24) is 15.1 Å². The van der Waals surface area contributed by atoms with E-state index in [9.17, 15) is 4.79 Å². The Morgan fingerprint density at radius 2 is 1.83 bits per heavy atom. The molecule has 1 aromatic heterocycles. The molecule has 0 saturated carbocycles. The number of benzene rings is 1. The van der Waals surface area contributed by atoms with E-state index in [0.717, 1.165) is 17.0 Å².